The smallest absolute Gasteiger partial charge is 0.504 e. The number of benzene rings is 1. The lowest BCUT2D eigenvalue weighted by atomic mass is 9.88. The van der Waals surface area contributed by atoms with Gasteiger partial charge in [-0.1, -0.05) is 59.3 Å². The number of rotatable bonds is 13. The van der Waals surface area contributed by atoms with Crippen molar-refractivity contribution in [2.75, 3.05) is 0 Å². The van der Waals surface area contributed by atoms with Crippen LogP contribution in [0.3, 0.4) is 0 Å². The van der Waals surface area contributed by atoms with Crippen molar-refractivity contribution in [3.63, 3.8) is 0 Å². The normalized spacial score (nSPS) is 11.0. The third-order valence-electron chi connectivity index (χ3n) is 4.97. The fraction of sp³-hybridized carbons (Fsp3) is 0.682. The number of hydrogen-bond donors (Lipinski definition) is 2. The molecule has 27 heavy (non-hydrogen) atoms. The predicted molar refractivity (Wildman–Crippen MR) is 106 cm³/mol. The fourth-order valence-electron chi connectivity index (χ4n) is 3.50. The Morgan fingerprint density at radius 2 is 1.26 bits per heavy atom. The van der Waals surface area contributed by atoms with Gasteiger partial charge in [0.25, 0.3) is 0 Å². The molecule has 5 heteroatoms. The molecule has 154 valence electrons. The summed E-state index contributed by atoms with van der Waals surface area (Å²) in [6.45, 7) is 6.30. The topological polar surface area (TPSA) is 66.8 Å². The highest BCUT2D eigenvalue weighted by molar-refractivity contribution is 5.65. The van der Waals surface area contributed by atoms with Gasteiger partial charge >= 0.3 is 6.16 Å². The highest BCUT2D eigenvalue weighted by Crippen LogP contribution is 2.41. The Balaban J connectivity index is 3.40. The Morgan fingerprint density at radius 1 is 0.815 bits per heavy atom. The first-order valence-corrected chi connectivity index (χ1v) is 10.4. The highest BCUT2D eigenvalue weighted by atomic mass is 19.1. The van der Waals surface area contributed by atoms with Crippen LogP contribution >= 0.6 is 0 Å². The molecule has 0 aliphatic rings. The number of ether oxygens (including phenoxy) is 1. The first kappa shape index (κ1) is 23.3. The second kappa shape index (κ2) is 12.6. The third kappa shape index (κ3) is 7.04. The molecule has 0 bridgehead atoms. The minimum atomic E-state index is -1.61. The van der Waals surface area contributed by atoms with Gasteiger partial charge < -0.3 is 14.9 Å². The summed E-state index contributed by atoms with van der Waals surface area (Å²) < 4.78 is 19.8. The summed E-state index contributed by atoms with van der Waals surface area (Å²) in [7, 11) is 0. The molecule has 0 aliphatic carbocycles. The minimum absolute atomic E-state index is 0.336. The lowest BCUT2D eigenvalue weighted by Gasteiger charge is -2.20. The van der Waals surface area contributed by atoms with Gasteiger partial charge in [-0.15, -0.1) is 0 Å². The van der Waals surface area contributed by atoms with Crippen LogP contribution in [0.2, 0.25) is 0 Å². The zero-order chi connectivity index (χ0) is 20.2. The maximum atomic E-state index is 15.1. The number of phenolic OH excluding ortho intramolecular Hbond substituents is 1. The van der Waals surface area contributed by atoms with E-state index in [0.717, 1.165) is 63.4 Å². The number of aromatic hydroxyl groups is 1. The predicted octanol–water partition coefficient (Wildman–Crippen LogP) is 6.79. The molecule has 0 atom stereocenters. The van der Waals surface area contributed by atoms with E-state index in [9.17, 15) is 9.90 Å². The molecule has 1 aromatic carbocycles. The van der Waals surface area contributed by atoms with Gasteiger partial charge in [-0.3, -0.25) is 0 Å². The second-order valence-corrected chi connectivity index (χ2v) is 7.17. The first-order chi connectivity index (χ1) is 13.0. The van der Waals surface area contributed by atoms with Crippen LogP contribution in [0.15, 0.2) is 0 Å². The van der Waals surface area contributed by atoms with Crippen LogP contribution in [0.5, 0.6) is 11.5 Å². The lowest BCUT2D eigenvalue weighted by Crippen LogP contribution is -2.11. The van der Waals surface area contributed by atoms with Crippen molar-refractivity contribution in [3.8, 4) is 11.5 Å². The van der Waals surface area contributed by atoms with Crippen molar-refractivity contribution in [1.82, 2.24) is 0 Å². The van der Waals surface area contributed by atoms with Gasteiger partial charge in [-0.05, 0) is 49.7 Å². The molecule has 0 unspecified atom stereocenters. The molecule has 0 aromatic heterocycles. The van der Waals surface area contributed by atoms with Gasteiger partial charge in [-0.2, -0.15) is 0 Å². The van der Waals surface area contributed by atoms with Crippen LogP contribution < -0.4 is 4.74 Å². The minimum Gasteiger partial charge on any atom is -0.504 e. The molecule has 1 aromatic rings. The summed E-state index contributed by atoms with van der Waals surface area (Å²) in [4.78, 5) is 11.0. The van der Waals surface area contributed by atoms with Crippen molar-refractivity contribution < 1.29 is 24.1 Å². The molecule has 0 spiro atoms. The van der Waals surface area contributed by atoms with E-state index in [4.69, 9.17) is 5.11 Å². The second-order valence-electron chi connectivity index (χ2n) is 7.17. The van der Waals surface area contributed by atoms with E-state index in [0.29, 0.717) is 30.4 Å². The number of carboxylic acid groups (broad SMARTS) is 1. The van der Waals surface area contributed by atoms with Gasteiger partial charge in [0.1, 0.15) is 0 Å². The summed E-state index contributed by atoms with van der Waals surface area (Å²) in [5.74, 6) is -1.58. The van der Waals surface area contributed by atoms with E-state index >= 15 is 4.39 Å². The van der Waals surface area contributed by atoms with E-state index < -0.39 is 17.7 Å². The molecule has 0 amide bonds. The van der Waals surface area contributed by atoms with E-state index in [1.165, 1.54) is 0 Å². The zero-order valence-electron chi connectivity index (χ0n) is 17.1. The molecule has 0 fully saturated rings. The maximum Gasteiger partial charge on any atom is 0.511 e. The Morgan fingerprint density at radius 3 is 1.70 bits per heavy atom. The van der Waals surface area contributed by atoms with Crippen LogP contribution in [-0.2, 0) is 19.3 Å². The fourth-order valence-corrected chi connectivity index (χ4v) is 3.50. The van der Waals surface area contributed by atoms with Crippen LogP contribution in [0.25, 0.3) is 0 Å². The monoisotopic (exact) mass is 382 g/mol. The van der Waals surface area contributed by atoms with E-state index in [-0.39, 0.29) is 5.75 Å². The van der Waals surface area contributed by atoms with Crippen molar-refractivity contribution in [2.24, 2.45) is 0 Å². The van der Waals surface area contributed by atoms with Gasteiger partial charge in [0.05, 0.1) is 0 Å². The maximum absolute atomic E-state index is 15.1. The van der Waals surface area contributed by atoms with E-state index in [2.05, 4.69) is 25.5 Å². The Labute approximate surface area is 162 Å². The van der Waals surface area contributed by atoms with Crippen molar-refractivity contribution in [3.05, 3.63) is 22.5 Å². The van der Waals surface area contributed by atoms with Crippen LogP contribution in [0.4, 0.5) is 9.18 Å². The first-order valence-electron chi connectivity index (χ1n) is 10.4. The Bertz CT molecular complexity index is 561. The zero-order valence-corrected chi connectivity index (χ0v) is 17.1. The molecule has 0 saturated heterocycles. The Kier molecular flexibility index (Phi) is 10.8. The molecular weight excluding hydrogens is 347 g/mol. The molecule has 0 radical (unpaired) electrons. The molecule has 2 N–H and O–H groups in total. The number of halogens is 1. The largest absolute Gasteiger partial charge is 0.511 e. The van der Waals surface area contributed by atoms with Crippen LogP contribution in [-0.4, -0.2) is 16.4 Å². The van der Waals surface area contributed by atoms with E-state index in [1.807, 2.05) is 0 Å². The van der Waals surface area contributed by atoms with Crippen LogP contribution in [0.1, 0.15) is 95.2 Å². The lowest BCUT2D eigenvalue weighted by molar-refractivity contribution is 0.140. The summed E-state index contributed by atoms with van der Waals surface area (Å²) >= 11 is 0. The summed E-state index contributed by atoms with van der Waals surface area (Å²) in [6, 6.07) is 0. The van der Waals surface area contributed by atoms with Crippen molar-refractivity contribution in [2.45, 2.75) is 97.8 Å². The summed E-state index contributed by atoms with van der Waals surface area (Å²) in [5, 5.41) is 19.6. The van der Waals surface area contributed by atoms with Gasteiger partial charge in [-0.25, -0.2) is 9.18 Å². The highest BCUT2D eigenvalue weighted by Gasteiger charge is 2.26. The molecule has 4 nitrogen and oxygen atoms in total. The SMILES string of the molecule is CCCCCc1c(O)c(OC(=O)O)c(F)c(CCCCC)c1CCCCC. The van der Waals surface area contributed by atoms with Gasteiger partial charge in [0, 0.05) is 5.56 Å². The standard InChI is InChI=1S/C22H35FO4/c1-4-7-10-13-16-17(14-11-8-5-2)19(23)21(27-22(25)26)20(24)18(16)15-12-9-6-3/h24H,4-15H2,1-3H3,(H,25,26). The summed E-state index contributed by atoms with van der Waals surface area (Å²) in [5.41, 5.74) is 2.06. The molecule has 0 heterocycles. The molecule has 0 saturated carbocycles. The summed E-state index contributed by atoms with van der Waals surface area (Å²) in [6.07, 6.45) is 9.02. The van der Waals surface area contributed by atoms with Crippen molar-refractivity contribution in [1.29, 1.82) is 0 Å². The van der Waals surface area contributed by atoms with E-state index in [1.54, 1.807) is 0 Å². The number of unbranched alkanes of at least 4 members (excludes halogenated alkanes) is 6. The van der Waals surface area contributed by atoms with Gasteiger partial charge in [0.2, 0.25) is 5.75 Å². The quantitative estimate of drug-likeness (QED) is 0.224. The number of phenols is 1. The molecular formula is C22H35FO4. The average Bonchev–Trinajstić information content (AvgIpc) is 2.63. The molecule has 0 aliphatic heterocycles. The average molecular weight is 383 g/mol. The third-order valence-corrected chi connectivity index (χ3v) is 4.97. The Hall–Kier alpha value is -1.78. The van der Waals surface area contributed by atoms with Crippen LogP contribution in [0, 0.1) is 5.82 Å². The number of hydrogen-bond acceptors (Lipinski definition) is 3. The number of carbonyl (C=O) groups is 1. The van der Waals surface area contributed by atoms with Gasteiger partial charge in [0.15, 0.2) is 11.6 Å². The van der Waals surface area contributed by atoms with Crippen molar-refractivity contribution >= 4 is 6.16 Å². The molecule has 1 rings (SSSR count).